The molecule has 0 aliphatic carbocycles. The molecule has 0 amide bonds. The van der Waals surface area contributed by atoms with E-state index < -0.39 is 4.92 Å². The van der Waals surface area contributed by atoms with Gasteiger partial charge >= 0.3 is 0 Å². The van der Waals surface area contributed by atoms with E-state index in [1.807, 2.05) is 54.6 Å². The van der Waals surface area contributed by atoms with E-state index in [0.29, 0.717) is 23.5 Å². The molecule has 0 spiro atoms. The molecule has 1 aromatic heterocycles. The van der Waals surface area contributed by atoms with Crippen molar-refractivity contribution >= 4 is 39.8 Å². The van der Waals surface area contributed by atoms with Crippen LogP contribution in [0.25, 0.3) is 10.9 Å². The van der Waals surface area contributed by atoms with Crippen molar-refractivity contribution in [3.05, 3.63) is 93.6 Å². The molecule has 4 rings (SSSR count). The highest BCUT2D eigenvalue weighted by atomic mass is 35.5. The molecule has 1 heterocycles. The zero-order valence-corrected chi connectivity index (χ0v) is 15.8. The molecule has 4 aromatic rings. The molecule has 144 valence electrons. The van der Waals surface area contributed by atoms with Crippen molar-refractivity contribution in [2.75, 3.05) is 5.32 Å². The summed E-state index contributed by atoms with van der Waals surface area (Å²) in [6, 6.07) is 20.2. The summed E-state index contributed by atoms with van der Waals surface area (Å²) in [7, 11) is 0. The molecular formula is C21H15ClN4O3. The molecule has 0 bridgehead atoms. The molecule has 0 radical (unpaired) electrons. The Hall–Kier alpha value is -3.71. The summed E-state index contributed by atoms with van der Waals surface area (Å²) in [5.74, 6) is 1.11. The van der Waals surface area contributed by atoms with Crippen molar-refractivity contribution in [1.29, 1.82) is 0 Å². The van der Waals surface area contributed by atoms with E-state index in [-0.39, 0.29) is 10.7 Å². The molecule has 0 unspecified atom stereocenters. The number of benzene rings is 3. The van der Waals surface area contributed by atoms with Crippen molar-refractivity contribution < 1.29 is 9.66 Å². The van der Waals surface area contributed by atoms with Crippen LogP contribution in [0, 0.1) is 10.1 Å². The van der Waals surface area contributed by atoms with Crippen LogP contribution >= 0.6 is 11.6 Å². The highest BCUT2D eigenvalue weighted by Crippen LogP contribution is 2.29. The number of nitro benzene ring substituents is 1. The third-order valence-electron chi connectivity index (χ3n) is 4.20. The number of hydrogen-bond acceptors (Lipinski definition) is 6. The number of halogens is 1. The molecule has 7 nitrogen and oxygen atoms in total. The van der Waals surface area contributed by atoms with Gasteiger partial charge in [-0.1, -0.05) is 41.9 Å². The maximum atomic E-state index is 11.0. The molecule has 0 saturated heterocycles. The van der Waals surface area contributed by atoms with Crippen LogP contribution < -0.4 is 10.1 Å². The van der Waals surface area contributed by atoms with Crippen LogP contribution in [0.1, 0.15) is 5.56 Å². The van der Waals surface area contributed by atoms with Crippen LogP contribution in [0.4, 0.5) is 17.3 Å². The SMILES string of the molecule is O=[N+]([O-])c1cc2cnc(Nc3ccc(OCc4ccccc4)cc3)nc2cc1Cl. The average molecular weight is 407 g/mol. The Morgan fingerprint density at radius 1 is 1.07 bits per heavy atom. The second-order valence-electron chi connectivity index (χ2n) is 6.24. The number of nitrogens with one attached hydrogen (secondary N) is 1. The molecule has 0 aliphatic rings. The van der Waals surface area contributed by atoms with Gasteiger partial charge in [0.1, 0.15) is 17.4 Å². The normalized spacial score (nSPS) is 10.7. The lowest BCUT2D eigenvalue weighted by molar-refractivity contribution is -0.384. The Labute approximate surface area is 171 Å². The fraction of sp³-hybridized carbons (Fsp3) is 0.0476. The Bertz CT molecular complexity index is 1170. The van der Waals surface area contributed by atoms with Gasteiger partial charge in [-0.3, -0.25) is 10.1 Å². The number of rotatable bonds is 6. The van der Waals surface area contributed by atoms with E-state index in [4.69, 9.17) is 16.3 Å². The van der Waals surface area contributed by atoms with Crippen LogP contribution in [0.3, 0.4) is 0 Å². The van der Waals surface area contributed by atoms with Crippen LogP contribution in [-0.4, -0.2) is 14.9 Å². The number of anilines is 2. The predicted molar refractivity (Wildman–Crippen MR) is 112 cm³/mol. The van der Waals surface area contributed by atoms with Crippen molar-refractivity contribution in [3.8, 4) is 5.75 Å². The molecule has 0 atom stereocenters. The summed E-state index contributed by atoms with van der Waals surface area (Å²) >= 11 is 5.97. The summed E-state index contributed by atoms with van der Waals surface area (Å²) in [5.41, 5.74) is 2.22. The lowest BCUT2D eigenvalue weighted by atomic mass is 10.2. The Balaban J connectivity index is 1.46. The Morgan fingerprint density at radius 2 is 1.83 bits per heavy atom. The van der Waals surface area contributed by atoms with Crippen molar-refractivity contribution in [1.82, 2.24) is 9.97 Å². The van der Waals surface area contributed by atoms with Gasteiger partial charge in [-0.25, -0.2) is 9.97 Å². The summed E-state index contributed by atoms with van der Waals surface area (Å²) in [5, 5.41) is 14.7. The highest BCUT2D eigenvalue weighted by molar-refractivity contribution is 6.33. The van der Waals surface area contributed by atoms with E-state index in [1.54, 1.807) is 0 Å². The van der Waals surface area contributed by atoms with Crippen LogP contribution in [0.5, 0.6) is 5.75 Å². The minimum atomic E-state index is -0.532. The van der Waals surface area contributed by atoms with Crippen molar-refractivity contribution in [2.24, 2.45) is 0 Å². The number of ether oxygens (including phenoxy) is 1. The maximum absolute atomic E-state index is 11.0. The largest absolute Gasteiger partial charge is 0.489 e. The van der Waals surface area contributed by atoms with Crippen LogP contribution in [0.15, 0.2) is 72.9 Å². The first-order valence-electron chi connectivity index (χ1n) is 8.73. The molecule has 0 saturated carbocycles. The van der Waals surface area contributed by atoms with E-state index in [2.05, 4.69) is 15.3 Å². The Kier molecular flexibility index (Phi) is 5.22. The van der Waals surface area contributed by atoms with Gasteiger partial charge in [-0.2, -0.15) is 0 Å². The van der Waals surface area contributed by atoms with Crippen LogP contribution in [-0.2, 0) is 6.61 Å². The Morgan fingerprint density at radius 3 is 2.55 bits per heavy atom. The van der Waals surface area contributed by atoms with Crippen LogP contribution in [0.2, 0.25) is 5.02 Å². The molecular weight excluding hydrogens is 392 g/mol. The number of nitrogens with zero attached hydrogens (tertiary/aromatic N) is 3. The number of fused-ring (bicyclic) bond motifs is 1. The summed E-state index contributed by atoms with van der Waals surface area (Å²) in [4.78, 5) is 19.0. The van der Waals surface area contributed by atoms with E-state index in [9.17, 15) is 10.1 Å². The van der Waals surface area contributed by atoms with E-state index >= 15 is 0 Å². The molecule has 0 aliphatic heterocycles. The fourth-order valence-electron chi connectivity index (χ4n) is 2.75. The second kappa shape index (κ2) is 8.12. The number of aromatic nitrogens is 2. The van der Waals surface area contributed by atoms with E-state index in [1.165, 1.54) is 18.3 Å². The first-order valence-corrected chi connectivity index (χ1v) is 9.11. The monoisotopic (exact) mass is 406 g/mol. The smallest absolute Gasteiger partial charge is 0.288 e. The first kappa shape index (κ1) is 18.6. The van der Waals surface area contributed by atoms with Crippen molar-refractivity contribution in [3.63, 3.8) is 0 Å². The van der Waals surface area contributed by atoms with Gasteiger partial charge in [0, 0.05) is 23.3 Å². The van der Waals surface area contributed by atoms with Gasteiger partial charge in [0.25, 0.3) is 5.69 Å². The number of nitro groups is 1. The minimum absolute atomic E-state index is 0.0343. The third-order valence-corrected chi connectivity index (χ3v) is 4.51. The topological polar surface area (TPSA) is 90.2 Å². The van der Waals surface area contributed by atoms with Gasteiger partial charge < -0.3 is 10.1 Å². The summed E-state index contributed by atoms with van der Waals surface area (Å²) in [6.07, 6.45) is 1.52. The first-order chi connectivity index (χ1) is 14.1. The lowest BCUT2D eigenvalue weighted by Crippen LogP contribution is -1.98. The highest BCUT2D eigenvalue weighted by Gasteiger charge is 2.14. The zero-order valence-electron chi connectivity index (χ0n) is 15.1. The molecule has 29 heavy (non-hydrogen) atoms. The predicted octanol–water partition coefficient (Wildman–Crippen LogP) is 5.51. The maximum Gasteiger partial charge on any atom is 0.288 e. The standard InChI is InChI=1S/C21H15ClN4O3/c22-18-11-19-15(10-20(18)26(27)28)12-23-21(25-19)24-16-6-8-17(9-7-16)29-13-14-4-2-1-3-5-14/h1-12H,13H2,(H,23,24,25). The van der Waals surface area contributed by atoms with Gasteiger partial charge in [0.15, 0.2) is 0 Å². The second-order valence-corrected chi connectivity index (χ2v) is 6.64. The van der Waals surface area contributed by atoms with Gasteiger partial charge in [-0.05, 0) is 35.9 Å². The van der Waals surface area contributed by atoms with Crippen molar-refractivity contribution in [2.45, 2.75) is 6.61 Å². The van der Waals surface area contributed by atoms with Gasteiger partial charge in [0.05, 0.1) is 10.4 Å². The zero-order chi connectivity index (χ0) is 20.2. The fourth-order valence-corrected chi connectivity index (χ4v) is 2.97. The lowest BCUT2D eigenvalue weighted by Gasteiger charge is -2.09. The summed E-state index contributed by atoms with van der Waals surface area (Å²) < 4.78 is 5.77. The molecule has 8 heteroatoms. The molecule has 1 N–H and O–H groups in total. The quantitative estimate of drug-likeness (QED) is 0.335. The minimum Gasteiger partial charge on any atom is -0.489 e. The average Bonchev–Trinajstić information content (AvgIpc) is 2.73. The number of hydrogen-bond donors (Lipinski definition) is 1. The molecule has 3 aromatic carbocycles. The summed E-state index contributed by atoms with van der Waals surface area (Å²) in [6.45, 7) is 0.494. The van der Waals surface area contributed by atoms with Gasteiger partial charge in [-0.15, -0.1) is 0 Å². The molecule has 0 fully saturated rings. The third kappa shape index (κ3) is 4.41. The van der Waals surface area contributed by atoms with Gasteiger partial charge in [0.2, 0.25) is 5.95 Å². The van der Waals surface area contributed by atoms with E-state index in [0.717, 1.165) is 17.0 Å².